The van der Waals surface area contributed by atoms with E-state index in [2.05, 4.69) is 15.9 Å². The maximum Gasteiger partial charge on any atom is 0.253 e. The van der Waals surface area contributed by atoms with Crippen molar-refractivity contribution in [1.82, 2.24) is 9.21 Å². The van der Waals surface area contributed by atoms with Crippen molar-refractivity contribution in [2.45, 2.75) is 37.5 Å². The van der Waals surface area contributed by atoms with E-state index in [1.54, 1.807) is 31.3 Å². The van der Waals surface area contributed by atoms with E-state index in [1.807, 2.05) is 13.8 Å². The standard InChI is InChI=1S/C21H24BrFN2O4S/c1-14-11-25(12-15(2)29-14)30(27,28)19-6-4-5-16(10-19)21(26)24(3)13-17-9-18(22)7-8-20(17)23/h4-10,14-15H,11-13H2,1-3H3. The summed E-state index contributed by atoms with van der Waals surface area (Å²) in [4.78, 5) is 14.3. The predicted octanol–water partition coefficient (Wildman–Crippen LogP) is 3.66. The zero-order valence-corrected chi connectivity index (χ0v) is 19.4. The molecular weight excluding hydrogens is 475 g/mol. The van der Waals surface area contributed by atoms with E-state index >= 15 is 0 Å². The van der Waals surface area contributed by atoms with E-state index in [0.717, 1.165) is 0 Å². The molecule has 0 aromatic heterocycles. The average Bonchev–Trinajstić information content (AvgIpc) is 2.69. The van der Waals surface area contributed by atoms with Crippen LogP contribution in [0, 0.1) is 5.82 Å². The largest absolute Gasteiger partial charge is 0.373 e. The van der Waals surface area contributed by atoms with Crippen LogP contribution in [0.15, 0.2) is 51.8 Å². The number of nitrogens with zero attached hydrogens (tertiary/aromatic N) is 2. The van der Waals surface area contributed by atoms with E-state index in [0.29, 0.717) is 10.0 Å². The van der Waals surface area contributed by atoms with Crippen LogP contribution in [-0.2, 0) is 21.3 Å². The van der Waals surface area contributed by atoms with Crippen molar-refractivity contribution in [3.8, 4) is 0 Å². The van der Waals surface area contributed by atoms with Crippen molar-refractivity contribution in [2.75, 3.05) is 20.1 Å². The molecule has 1 aliphatic rings. The Bertz CT molecular complexity index is 1040. The van der Waals surface area contributed by atoms with Crippen LogP contribution >= 0.6 is 15.9 Å². The fraction of sp³-hybridized carbons (Fsp3) is 0.381. The molecule has 1 amide bonds. The van der Waals surface area contributed by atoms with Crippen LogP contribution < -0.4 is 0 Å². The number of carbonyl (C=O) groups excluding carboxylic acids is 1. The number of benzene rings is 2. The van der Waals surface area contributed by atoms with Crippen LogP contribution in [0.2, 0.25) is 0 Å². The minimum absolute atomic E-state index is 0.0525. The molecule has 2 aromatic carbocycles. The molecule has 162 valence electrons. The number of rotatable bonds is 5. The first-order valence-electron chi connectivity index (χ1n) is 9.53. The number of hydrogen-bond donors (Lipinski definition) is 0. The van der Waals surface area contributed by atoms with Crippen molar-refractivity contribution in [3.05, 3.63) is 63.9 Å². The summed E-state index contributed by atoms with van der Waals surface area (Å²) in [5.74, 6) is -0.806. The Hall–Kier alpha value is -1.81. The molecule has 0 aliphatic carbocycles. The van der Waals surface area contributed by atoms with Crippen molar-refractivity contribution in [2.24, 2.45) is 0 Å². The second kappa shape index (κ2) is 9.13. The van der Waals surface area contributed by atoms with Crippen LogP contribution in [-0.4, -0.2) is 55.9 Å². The minimum atomic E-state index is -3.76. The maximum absolute atomic E-state index is 14.0. The highest BCUT2D eigenvalue weighted by molar-refractivity contribution is 9.10. The molecular formula is C21H24BrFN2O4S. The number of hydrogen-bond acceptors (Lipinski definition) is 4. The van der Waals surface area contributed by atoms with Gasteiger partial charge in [-0.2, -0.15) is 4.31 Å². The monoisotopic (exact) mass is 498 g/mol. The van der Waals surface area contributed by atoms with E-state index in [1.165, 1.54) is 27.4 Å². The molecule has 0 spiro atoms. The Labute approximate surface area is 184 Å². The molecule has 0 N–H and O–H groups in total. The molecule has 0 saturated carbocycles. The van der Waals surface area contributed by atoms with Gasteiger partial charge in [-0.25, -0.2) is 12.8 Å². The van der Waals surface area contributed by atoms with Gasteiger partial charge in [-0.15, -0.1) is 0 Å². The molecule has 0 radical (unpaired) electrons. The summed E-state index contributed by atoms with van der Waals surface area (Å²) in [6.07, 6.45) is -0.417. The summed E-state index contributed by atoms with van der Waals surface area (Å²) in [7, 11) is -2.21. The molecule has 30 heavy (non-hydrogen) atoms. The fourth-order valence-electron chi connectivity index (χ4n) is 3.48. The number of amides is 1. The quantitative estimate of drug-likeness (QED) is 0.630. The zero-order valence-electron chi connectivity index (χ0n) is 17.0. The lowest BCUT2D eigenvalue weighted by Gasteiger charge is -2.34. The summed E-state index contributed by atoms with van der Waals surface area (Å²) >= 11 is 3.30. The zero-order chi connectivity index (χ0) is 22.1. The average molecular weight is 499 g/mol. The summed E-state index contributed by atoms with van der Waals surface area (Å²) in [6.45, 7) is 4.22. The number of morpholine rings is 1. The lowest BCUT2D eigenvalue weighted by atomic mass is 10.1. The Morgan fingerprint density at radius 1 is 1.20 bits per heavy atom. The first-order chi connectivity index (χ1) is 14.1. The van der Waals surface area contributed by atoms with Gasteiger partial charge in [0.05, 0.1) is 17.1 Å². The fourth-order valence-corrected chi connectivity index (χ4v) is 5.52. The summed E-state index contributed by atoms with van der Waals surface area (Å²) in [6, 6.07) is 10.5. The van der Waals surface area contributed by atoms with Crippen LogP contribution in [0.1, 0.15) is 29.8 Å². The van der Waals surface area contributed by atoms with Gasteiger partial charge >= 0.3 is 0 Å². The molecule has 1 fully saturated rings. The second-order valence-corrected chi connectivity index (χ2v) is 10.4. The Morgan fingerprint density at radius 3 is 2.53 bits per heavy atom. The molecule has 1 heterocycles. The third kappa shape index (κ3) is 5.08. The van der Waals surface area contributed by atoms with Gasteiger partial charge in [-0.3, -0.25) is 4.79 Å². The maximum atomic E-state index is 14.0. The molecule has 2 aromatic rings. The van der Waals surface area contributed by atoms with Gasteiger partial charge < -0.3 is 9.64 Å². The molecule has 9 heteroatoms. The van der Waals surface area contributed by atoms with Crippen LogP contribution in [0.5, 0.6) is 0 Å². The molecule has 3 rings (SSSR count). The van der Waals surface area contributed by atoms with Crippen molar-refractivity contribution in [1.29, 1.82) is 0 Å². The normalized spacial score (nSPS) is 20.2. The molecule has 1 aliphatic heterocycles. The highest BCUT2D eigenvalue weighted by Crippen LogP contribution is 2.23. The third-order valence-electron chi connectivity index (χ3n) is 4.87. The van der Waals surface area contributed by atoms with Gasteiger partial charge in [-0.1, -0.05) is 22.0 Å². The Kier molecular flexibility index (Phi) is 6.96. The molecule has 6 nitrogen and oxygen atoms in total. The first-order valence-corrected chi connectivity index (χ1v) is 11.8. The lowest BCUT2D eigenvalue weighted by molar-refractivity contribution is -0.0440. The van der Waals surface area contributed by atoms with Gasteiger partial charge in [0.15, 0.2) is 0 Å². The highest BCUT2D eigenvalue weighted by atomic mass is 79.9. The summed E-state index contributed by atoms with van der Waals surface area (Å²) < 4.78 is 47.9. The smallest absolute Gasteiger partial charge is 0.253 e. The van der Waals surface area contributed by atoms with Gasteiger partial charge in [0.1, 0.15) is 5.82 Å². The number of halogens is 2. The Morgan fingerprint density at radius 2 is 1.87 bits per heavy atom. The van der Waals surface area contributed by atoms with Gasteiger partial charge in [0.25, 0.3) is 5.91 Å². The summed E-state index contributed by atoms with van der Waals surface area (Å²) in [5, 5.41) is 0. The lowest BCUT2D eigenvalue weighted by Crippen LogP contribution is -2.48. The van der Waals surface area contributed by atoms with E-state index in [9.17, 15) is 17.6 Å². The first kappa shape index (κ1) is 22.9. The number of carbonyl (C=O) groups is 1. The molecule has 1 saturated heterocycles. The molecule has 0 bridgehead atoms. The topological polar surface area (TPSA) is 66.9 Å². The van der Waals surface area contributed by atoms with Gasteiger partial charge in [0, 0.05) is 42.3 Å². The van der Waals surface area contributed by atoms with Crippen molar-refractivity contribution in [3.63, 3.8) is 0 Å². The van der Waals surface area contributed by atoms with Crippen molar-refractivity contribution < 1.29 is 22.3 Å². The van der Waals surface area contributed by atoms with E-state index in [4.69, 9.17) is 4.74 Å². The van der Waals surface area contributed by atoms with Crippen LogP contribution in [0.25, 0.3) is 0 Å². The van der Waals surface area contributed by atoms with Crippen LogP contribution in [0.4, 0.5) is 4.39 Å². The SMILES string of the molecule is CC1CN(S(=O)(=O)c2cccc(C(=O)N(C)Cc3cc(Br)ccc3F)c2)CC(C)O1. The van der Waals surface area contributed by atoms with E-state index < -0.39 is 21.7 Å². The third-order valence-corrected chi connectivity index (χ3v) is 7.19. The highest BCUT2D eigenvalue weighted by Gasteiger charge is 2.32. The molecule has 2 atom stereocenters. The van der Waals surface area contributed by atoms with E-state index in [-0.39, 0.29) is 42.3 Å². The van der Waals surface area contributed by atoms with Crippen molar-refractivity contribution >= 4 is 31.9 Å². The number of ether oxygens (including phenoxy) is 1. The predicted molar refractivity (Wildman–Crippen MR) is 115 cm³/mol. The number of sulfonamides is 1. The minimum Gasteiger partial charge on any atom is -0.373 e. The Balaban J connectivity index is 1.82. The molecule has 2 unspecified atom stereocenters. The second-order valence-electron chi connectivity index (χ2n) is 7.50. The van der Waals surface area contributed by atoms with Crippen LogP contribution in [0.3, 0.4) is 0 Å². The van der Waals surface area contributed by atoms with Gasteiger partial charge in [0.2, 0.25) is 10.0 Å². The van der Waals surface area contributed by atoms with Gasteiger partial charge in [-0.05, 0) is 50.2 Å². The summed E-state index contributed by atoms with van der Waals surface area (Å²) in [5.41, 5.74) is 0.587.